The van der Waals surface area contributed by atoms with E-state index in [4.69, 9.17) is 5.73 Å². The summed E-state index contributed by atoms with van der Waals surface area (Å²) in [6, 6.07) is 7.91. The zero-order valence-corrected chi connectivity index (χ0v) is 12.3. The van der Waals surface area contributed by atoms with E-state index in [1.807, 2.05) is 25.1 Å². The van der Waals surface area contributed by atoms with Gasteiger partial charge < -0.3 is 10.6 Å². The van der Waals surface area contributed by atoms with E-state index in [2.05, 4.69) is 33.4 Å². The van der Waals surface area contributed by atoms with E-state index >= 15 is 0 Å². The number of pyridine rings is 1. The molecule has 0 radical (unpaired) electrons. The quantitative estimate of drug-likeness (QED) is 0.750. The summed E-state index contributed by atoms with van der Waals surface area (Å²) in [5, 5.41) is 4.27. The molecule has 2 heterocycles. The van der Waals surface area contributed by atoms with Gasteiger partial charge in [-0.2, -0.15) is 0 Å². The van der Waals surface area contributed by atoms with Crippen LogP contribution in [0, 0.1) is 6.92 Å². The lowest BCUT2D eigenvalue weighted by Gasteiger charge is -2.20. The predicted octanol–water partition coefficient (Wildman–Crippen LogP) is 3.22. The molecule has 0 fully saturated rings. The fourth-order valence-electron chi connectivity index (χ4n) is 2.33. The summed E-state index contributed by atoms with van der Waals surface area (Å²) in [4.78, 5) is 11.1. The molecule has 1 aromatic carbocycles. The molecule has 102 valence electrons. The molecule has 5 heteroatoms. The Kier molecular flexibility index (Phi) is 3.28. The summed E-state index contributed by atoms with van der Waals surface area (Å²) in [5.74, 6) is 0. The van der Waals surface area contributed by atoms with E-state index in [0.717, 1.165) is 33.8 Å². The van der Waals surface area contributed by atoms with Crippen molar-refractivity contribution in [1.82, 2.24) is 9.97 Å². The molecule has 2 aromatic heterocycles. The van der Waals surface area contributed by atoms with Gasteiger partial charge in [-0.25, -0.2) is 4.98 Å². The lowest BCUT2D eigenvalue weighted by atomic mass is 10.1. The molecule has 3 aromatic rings. The molecule has 0 bridgehead atoms. The molecule has 0 spiro atoms. The van der Waals surface area contributed by atoms with Gasteiger partial charge in [0.2, 0.25) is 0 Å². The number of hydrogen-bond acceptors (Lipinski definition) is 5. The third-order valence-corrected chi connectivity index (χ3v) is 4.08. The van der Waals surface area contributed by atoms with Gasteiger partial charge in [-0.15, -0.1) is 11.3 Å². The highest BCUT2D eigenvalue weighted by atomic mass is 32.1. The highest BCUT2D eigenvalue weighted by Gasteiger charge is 2.10. The molecule has 2 N–H and O–H groups in total. The molecule has 0 aliphatic rings. The lowest BCUT2D eigenvalue weighted by Crippen LogP contribution is -2.17. The van der Waals surface area contributed by atoms with Crippen molar-refractivity contribution in [3.05, 3.63) is 46.5 Å². The van der Waals surface area contributed by atoms with Gasteiger partial charge in [0.1, 0.15) is 0 Å². The summed E-state index contributed by atoms with van der Waals surface area (Å²) >= 11 is 1.68. The third-order valence-electron chi connectivity index (χ3n) is 3.26. The monoisotopic (exact) mass is 284 g/mol. The van der Waals surface area contributed by atoms with E-state index in [1.165, 1.54) is 0 Å². The summed E-state index contributed by atoms with van der Waals surface area (Å²) in [7, 11) is 2.06. The summed E-state index contributed by atoms with van der Waals surface area (Å²) in [6.45, 7) is 2.80. The first-order chi connectivity index (χ1) is 9.65. The van der Waals surface area contributed by atoms with Crippen molar-refractivity contribution < 1.29 is 0 Å². The minimum absolute atomic E-state index is 0.710. The predicted molar refractivity (Wildman–Crippen MR) is 85.1 cm³/mol. The van der Waals surface area contributed by atoms with Gasteiger partial charge in [0, 0.05) is 29.7 Å². The highest BCUT2D eigenvalue weighted by Crippen LogP contribution is 2.28. The highest BCUT2D eigenvalue weighted by molar-refractivity contribution is 7.09. The number of rotatable bonds is 3. The molecule has 20 heavy (non-hydrogen) atoms. The average Bonchev–Trinajstić information content (AvgIpc) is 2.84. The van der Waals surface area contributed by atoms with Crippen molar-refractivity contribution in [2.75, 3.05) is 17.7 Å². The van der Waals surface area contributed by atoms with Crippen LogP contribution in [-0.4, -0.2) is 17.0 Å². The molecule has 4 nitrogen and oxygen atoms in total. The molecular weight excluding hydrogens is 268 g/mol. The number of nitrogen functional groups attached to an aromatic ring is 1. The molecule has 0 aliphatic carbocycles. The number of nitrogens with zero attached hydrogens (tertiary/aromatic N) is 3. The maximum atomic E-state index is 5.99. The van der Waals surface area contributed by atoms with Crippen LogP contribution in [0.1, 0.15) is 10.7 Å². The Hall–Kier alpha value is -2.14. The number of anilines is 2. The number of aryl methyl sites for hydroxylation is 1. The van der Waals surface area contributed by atoms with Crippen LogP contribution in [0.25, 0.3) is 10.9 Å². The Morgan fingerprint density at radius 1 is 1.30 bits per heavy atom. The minimum atomic E-state index is 0.710. The van der Waals surface area contributed by atoms with Crippen LogP contribution in [0.15, 0.2) is 35.8 Å². The smallest absolute Gasteiger partial charge is 0.0951 e. The molecule has 0 saturated heterocycles. The van der Waals surface area contributed by atoms with E-state index in [0.29, 0.717) is 5.69 Å². The lowest BCUT2D eigenvalue weighted by molar-refractivity contribution is 0.893. The maximum absolute atomic E-state index is 5.99. The van der Waals surface area contributed by atoms with E-state index in [1.54, 1.807) is 17.5 Å². The Morgan fingerprint density at radius 3 is 2.90 bits per heavy atom. The fourth-order valence-corrected chi connectivity index (χ4v) is 2.93. The first-order valence-corrected chi connectivity index (χ1v) is 7.28. The Morgan fingerprint density at radius 2 is 2.15 bits per heavy atom. The van der Waals surface area contributed by atoms with Gasteiger partial charge in [0.05, 0.1) is 28.5 Å². The second-order valence-corrected chi connectivity index (χ2v) is 5.85. The summed E-state index contributed by atoms with van der Waals surface area (Å²) in [6.07, 6.45) is 1.80. The zero-order chi connectivity index (χ0) is 14.1. The van der Waals surface area contributed by atoms with Gasteiger partial charge in [-0.3, -0.25) is 4.98 Å². The first-order valence-electron chi connectivity index (χ1n) is 6.40. The molecular formula is C15H16N4S. The molecule has 0 saturated carbocycles. The van der Waals surface area contributed by atoms with Gasteiger partial charge in [0.25, 0.3) is 0 Å². The van der Waals surface area contributed by atoms with Crippen LogP contribution in [0.5, 0.6) is 0 Å². The van der Waals surface area contributed by atoms with Crippen LogP contribution in [0.2, 0.25) is 0 Å². The Balaban J connectivity index is 1.99. The topological polar surface area (TPSA) is 55.0 Å². The number of para-hydroxylation sites is 1. The van der Waals surface area contributed by atoms with Crippen molar-refractivity contribution in [2.24, 2.45) is 0 Å². The van der Waals surface area contributed by atoms with Crippen molar-refractivity contribution >= 4 is 33.6 Å². The third kappa shape index (κ3) is 2.32. The van der Waals surface area contributed by atoms with Crippen molar-refractivity contribution in [3.8, 4) is 0 Å². The number of thiazole rings is 1. The summed E-state index contributed by atoms with van der Waals surface area (Å²) < 4.78 is 0. The fraction of sp³-hybridized carbons (Fsp3) is 0.200. The van der Waals surface area contributed by atoms with Crippen LogP contribution < -0.4 is 10.6 Å². The number of hydrogen-bond donors (Lipinski definition) is 1. The minimum Gasteiger partial charge on any atom is -0.397 e. The maximum Gasteiger partial charge on any atom is 0.0951 e. The van der Waals surface area contributed by atoms with Crippen molar-refractivity contribution in [2.45, 2.75) is 13.5 Å². The molecule has 0 amide bonds. The molecule has 0 unspecified atom stereocenters. The van der Waals surface area contributed by atoms with Gasteiger partial charge in [0.15, 0.2) is 0 Å². The number of fused-ring (bicyclic) bond motifs is 1. The Bertz CT molecular complexity index is 750. The normalized spacial score (nSPS) is 10.9. The van der Waals surface area contributed by atoms with Gasteiger partial charge in [-0.1, -0.05) is 12.1 Å². The zero-order valence-electron chi connectivity index (χ0n) is 11.5. The van der Waals surface area contributed by atoms with Crippen LogP contribution in [0.4, 0.5) is 11.4 Å². The second kappa shape index (κ2) is 5.09. The van der Waals surface area contributed by atoms with E-state index < -0.39 is 0 Å². The van der Waals surface area contributed by atoms with Gasteiger partial charge in [-0.05, 0) is 19.1 Å². The number of nitrogens with two attached hydrogens (primary N) is 1. The summed E-state index contributed by atoms with van der Waals surface area (Å²) in [5.41, 5.74) is 9.76. The SMILES string of the molecule is Cc1nc(CN(C)c2ccnc3c(N)cccc23)cs1. The number of benzene rings is 1. The van der Waals surface area contributed by atoms with Crippen LogP contribution in [0.3, 0.4) is 0 Å². The van der Waals surface area contributed by atoms with Crippen molar-refractivity contribution in [1.29, 1.82) is 0 Å². The average molecular weight is 284 g/mol. The number of aromatic nitrogens is 2. The molecule has 0 atom stereocenters. The van der Waals surface area contributed by atoms with Gasteiger partial charge >= 0.3 is 0 Å². The largest absolute Gasteiger partial charge is 0.397 e. The molecule has 3 rings (SSSR count). The Labute approximate surface area is 121 Å². The van der Waals surface area contributed by atoms with E-state index in [-0.39, 0.29) is 0 Å². The molecule has 0 aliphatic heterocycles. The van der Waals surface area contributed by atoms with E-state index in [9.17, 15) is 0 Å². The van der Waals surface area contributed by atoms with Crippen LogP contribution in [-0.2, 0) is 6.54 Å². The second-order valence-electron chi connectivity index (χ2n) is 4.79. The first kappa shape index (κ1) is 12.9. The van der Waals surface area contributed by atoms with Crippen molar-refractivity contribution in [3.63, 3.8) is 0 Å². The standard InChI is InChI=1S/C15H16N4S/c1-10-18-11(9-20-10)8-19(2)14-6-7-17-15-12(14)4-3-5-13(15)16/h3-7,9H,8,16H2,1-2H3. The van der Waals surface area contributed by atoms with Crippen LogP contribution >= 0.6 is 11.3 Å².